The van der Waals surface area contributed by atoms with Crippen LogP contribution in [0.1, 0.15) is 13.3 Å². The molecule has 0 atom stereocenters. The van der Waals surface area contributed by atoms with Crippen LogP contribution >= 0.6 is 22.9 Å². The van der Waals surface area contributed by atoms with E-state index >= 15 is 0 Å². The number of hydrogen-bond donors (Lipinski definition) is 2. The Balaban J connectivity index is 1.54. The van der Waals surface area contributed by atoms with E-state index in [1.807, 2.05) is 12.1 Å². The summed E-state index contributed by atoms with van der Waals surface area (Å²) in [6.07, 6.45) is 1.01. The number of anilines is 3. The number of rotatable bonds is 5. The number of halogens is 1. The molecule has 0 spiro atoms. The first-order valence-electron chi connectivity index (χ1n) is 9.13. The van der Waals surface area contributed by atoms with Gasteiger partial charge in [0.25, 0.3) is 0 Å². The first-order chi connectivity index (χ1) is 13.2. The minimum absolute atomic E-state index is 0.220. The molecular weight excluding hydrogens is 382 g/mol. The summed E-state index contributed by atoms with van der Waals surface area (Å²) in [7, 11) is 0. The maximum absolute atomic E-state index is 10.2. The quantitative estimate of drug-likeness (QED) is 0.665. The number of aromatic nitrogens is 2. The highest BCUT2D eigenvalue weighted by atomic mass is 35.5. The molecule has 0 saturated carbocycles. The number of fused-ring (bicyclic) bond motifs is 1. The van der Waals surface area contributed by atoms with Crippen molar-refractivity contribution < 1.29 is 5.11 Å². The fourth-order valence-electron chi connectivity index (χ4n) is 3.22. The summed E-state index contributed by atoms with van der Waals surface area (Å²) in [5.41, 5.74) is 1.81. The zero-order valence-corrected chi connectivity index (χ0v) is 16.7. The van der Waals surface area contributed by atoms with Gasteiger partial charge in [-0.05, 0) is 30.7 Å². The Bertz CT molecular complexity index is 922. The number of hydrogen-bond acceptors (Lipinski definition) is 7. The summed E-state index contributed by atoms with van der Waals surface area (Å²) >= 11 is 7.46. The Morgan fingerprint density at radius 3 is 2.52 bits per heavy atom. The summed E-state index contributed by atoms with van der Waals surface area (Å²) in [5, 5.41) is 16.0. The summed E-state index contributed by atoms with van der Waals surface area (Å²) in [4.78, 5) is 13.9. The van der Waals surface area contributed by atoms with Gasteiger partial charge in [-0.25, -0.2) is 4.98 Å². The van der Waals surface area contributed by atoms with Crippen LogP contribution in [0.3, 0.4) is 0 Å². The normalized spacial score (nSPS) is 14.7. The van der Waals surface area contributed by atoms with E-state index in [4.69, 9.17) is 16.6 Å². The van der Waals surface area contributed by atoms with Crippen LogP contribution in [-0.2, 0) is 0 Å². The van der Waals surface area contributed by atoms with E-state index in [0.717, 1.165) is 54.7 Å². The van der Waals surface area contributed by atoms with Gasteiger partial charge in [0.1, 0.15) is 11.3 Å². The largest absolute Gasteiger partial charge is 0.505 e. The minimum atomic E-state index is 0.220. The average molecular weight is 404 g/mol. The van der Waals surface area contributed by atoms with Gasteiger partial charge in [-0.2, -0.15) is 4.98 Å². The maximum atomic E-state index is 10.2. The van der Waals surface area contributed by atoms with Gasteiger partial charge in [-0.15, -0.1) is 11.3 Å². The van der Waals surface area contributed by atoms with Crippen molar-refractivity contribution in [3.63, 3.8) is 0 Å². The highest BCUT2D eigenvalue weighted by molar-refractivity contribution is 7.18. The van der Waals surface area contributed by atoms with Crippen LogP contribution in [0.4, 0.5) is 17.5 Å². The molecule has 1 aliphatic heterocycles. The SMILES string of the molecule is CCCNc1nc(N2CCN(c3ccc(Cl)cc3)CC2)nc2c(O)csc12. The second-order valence-electron chi connectivity index (χ2n) is 6.55. The Labute approximate surface area is 167 Å². The van der Waals surface area contributed by atoms with Crippen molar-refractivity contribution in [2.45, 2.75) is 13.3 Å². The Morgan fingerprint density at radius 2 is 1.81 bits per heavy atom. The van der Waals surface area contributed by atoms with Gasteiger partial charge in [-0.1, -0.05) is 18.5 Å². The molecule has 142 valence electrons. The molecule has 0 unspecified atom stereocenters. The van der Waals surface area contributed by atoms with Crippen molar-refractivity contribution in [1.29, 1.82) is 0 Å². The predicted molar refractivity (Wildman–Crippen MR) is 114 cm³/mol. The molecule has 1 fully saturated rings. The molecule has 0 amide bonds. The lowest BCUT2D eigenvalue weighted by molar-refractivity contribution is 0.482. The Kier molecular flexibility index (Phi) is 5.22. The van der Waals surface area contributed by atoms with Crippen LogP contribution in [0, 0.1) is 0 Å². The molecule has 1 saturated heterocycles. The van der Waals surface area contributed by atoms with E-state index in [0.29, 0.717) is 11.5 Å². The molecule has 0 radical (unpaired) electrons. The average Bonchev–Trinajstić information content (AvgIpc) is 3.08. The summed E-state index contributed by atoms with van der Waals surface area (Å²) < 4.78 is 0.907. The lowest BCUT2D eigenvalue weighted by atomic mass is 10.2. The molecular formula is C19H22ClN5OS. The topological polar surface area (TPSA) is 64.5 Å². The molecule has 6 nitrogen and oxygen atoms in total. The fourth-order valence-corrected chi connectivity index (χ4v) is 4.17. The molecule has 0 aliphatic carbocycles. The number of aromatic hydroxyl groups is 1. The van der Waals surface area contributed by atoms with Gasteiger partial charge in [-0.3, -0.25) is 0 Å². The van der Waals surface area contributed by atoms with Crippen molar-refractivity contribution in [2.24, 2.45) is 0 Å². The second-order valence-corrected chi connectivity index (χ2v) is 7.86. The highest BCUT2D eigenvalue weighted by Gasteiger charge is 2.22. The monoisotopic (exact) mass is 403 g/mol. The van der Waals surface area contributed by atoms with Crippen molar-refractivity contribution in [1.82, 2.24) is 9.97 Å². The van der Waals surface area contributed by atoms with Crippen LogP contribution in [0.15, 0.2) is 29.6 Å². The zero-order chi connectivity index (χ0) is 18.8. The van der Waals surface area contributed by atoms with Crippen molar-refractivity contribution in [3.8, 4) is 5.75 Å². The molecule has 0 bridgehead atoms. The molecule has 2 aromatic heterocycles. The molecule has 27 heavy (non-hydrogen) atoms. The van der Waals surface area contributed by atoms with Crippen molar-refractivity contribution in [3.05, 3.63) is 34.7 Å². The zero-order valence-electron chi connectivity index (χ0n) is 15.2. The van der Waals surface area contributed by atoms with Gasteiger partial charge in [0.05, 0.1) is 4.70 Å². The standard InChI is InChI=1S/C19H22ClN5OS/c1-2-7-21-18-17-16(15(26)12-27-17)22-19(23-18)25-10-8-24(9-11-25)14-5-3-13(20)4-6-14/h3-6,12,26H,2,7-11H2,1H3,(H,21,22,23). The summed E-state index contributed by atoms with van der Waals surface area (Å²) in [6, 6.07) is 7.95. The van der Waals surface area contributed by atoms with Gasteiger partial charge < -0.3 is 20.2 Å². The number of piperazine rings is 1. The number of benzene rings is 1. The third kappa shape index (κ3) is 3.75. The first-order valence-corrected chi connectivity index (χ1v) is 10.4. The van der Waals surface area contributed by atoms with E-state index in [9.17, 15) is 5.11 Å². The number of nitrogens with zero attached hydrogens (tertiary/aromatic N) is 4. The van der Waals surface area contributed by atoms with Crippen molar-refractivity contribution in [2.75, 3.05) is 47.8 Å². The highest BCUT2D eigenvalue weighted by Crippen LogP contribution is 2.35. The molecule has 1 aromatic carbocycles. The van der Waals surface area contributed by atoms with Gasteiger partial charge >= 0.3 is 0 Å². The van der Waals surface area contributed by atoms with E-state index in [2.05, 4.69) is 39.2 Å². The third-order valence-electron chi connectivity index (χ3n) is 4.68. The van der Waals surface area contributed by atoms with Crippen LogP contribution in [-0.4, -0.2) is 47.8 Å². The van der Waals surface area contributed by atoms with E-state index < -0.39 is 0 Å². The van der Waals surface area contributed by atoms with Gasteiger partial charge in [0, 0.05) is 48.8 Å². The maximum Gasteiger partial charge on any atom is 0.228 e. The molecule has 4 rings (SSSR count). The van der Waals surface area contributed by atoms with Crippen molar-refractivity contribution >= 4 is 50.6 Å². The summed E-state index contributed by atoms with van der Waals surface area (Å²) in [6.45, 7) is 6.38. The predicted octanol–water partition coefficient (Wildman–Crippen LogP) is 4.20. The Hall–Kier alpha value is -2.25. The van der Waals surface area contributed by atoms with Crippen LogP contribution in [0.25, 0.3) is 10.2 Å². The van der Waals surface area contributed by atoms with E-state index in [1.54, 1.807) is 5.38 Å². The van der Waals surface area contributed by atoms with Gasteiger partial charge in [0.2, 0.25) is 5.95 Å². The summed E-state index contributed by atoms with van der Waals surface area (Å²) in [5.74, 6) is 1.70. The first kappa shape index (κ1) is 18.1. The van der Waals surface area contributed by atoms with Gasteiger partial charge in [0.15, 0.2) is 5.75 Å². The number of nitrogens with one attached hydrogen (secondary N) is 1. The third-order valence-corrected chi connectivity index (χ3v) is 5.90. The molecule has 8 heteroatoms. The molecule has 3 heterocycles. The molecule has 3 aromatic rings. The van der Waals surface area contributed by atoms with E-state index in [1.165, 1.54) is 17.0 Å². The number of thiophene rings is 1. The van der Waals surface area contributed by atoms with E-state index in [-0.39, 0.29) is 5.75 Å². The molecule has 1 aliphatic rings. The van der Waals surface area contributed by atoms with Crippen LogP contribution in [0.5, 0.6) is 5.75 Å². The smallest absolute Gasteiger partial charge is 0.228 e. The fraction of sp³-hybridized carbons (Fsp3) is 0.368. The Morgan fingerprint density at radius 1 is 1.11 bits per heavy atom. The van der Waals surface area contributed by atoms with Crippen LogP contribution < -0.4 is 15.1 Å². The van der Waals surface area contributed by atoms with Crippen LogP contribution in [0.2, 0.25) is 5.02 Å². The molecule has 2 N–H and O–H groups in total. The lowest BCUT2D eigenvalue weighted by Crippen LogP contribution is -2.47. The lowest BCUT2D eigenvalue weighted by Gasteiger charge is -2.36. The minimum Gasteiger partial charge on any atom is -0.505 e. The second kappa shape index (κ2) is 7.78.